The van der Waals surface area contributed by atoms with Gasteiger partial charge in [0.05, 0.1) is 24.8 Å². The highest BCUT2D eigenvalue weighted by molar-refractivity contribution is 6.30. The summed E-state index contributed by atoms with van der Waals surface area (Å²) in [5, 5.41) is 0.716. The van der Waals surface area contributed by atoms with E-state index in [1.54, 1.807) is 7.11 Å². The van der Waals surface area contributed by atoms with Crippen LogP contribution < -0.4 is 9.47 Å². The lowest BCUT2D eigenvalue weighted by Crippen LogP contribution is -2.04. The third-order valence-corrected chi connectivity index (χ3v) is 5.35. The first-order chi connectivity index (χ1) is 15.2. The molecule has 0 amide bonds. The van der Waals surface area contributed by atoms with Crippen molar-refractivity contribution in [1.82, 2.24) is 9.55 Å². The minimum atomic E-state index is 0.667. The van der Waals surface area contributed by atoms with Gasteiger partial charge in [-0.2, -0.15) is 0 Å². The summed E-state index contributed by atoms with van der Waals surface area (Å²) in [6, 6.07) is 23.7. The second-order valence-corrected chi connectivity index (χ2v) is 7.63. The molecule has 0 N–H and O–H groups in total. The maximum Gasteiger partial charge on any atom is 0.133 e. The highest BCUT2D eigenvalue weighted by atomic mass is 35.5. The molecule has 0 bridgehead atoms. The van der Waals surface area contributed by atoms with Gasteiger partial charge in [-0.05, 0) is 67.5 Å². The molecule has 1 heterocycles. The van der Waals surface area contributed by atoms with E-state index < -0.39 is 0 Å². The lowest BCUT2D eigenvalue weighted by atomic mass is 10.2. The quantitative estimate of drug-likeness (QED) is 0.275. The summed E-state index contributed by atoms with van der Waals surface area (Å²) < 4.78 is 13.5. The zero-order valence-corrected chi connectivity index (χ0v) is 18.3. The van der Waals surface area contributed by atoms with Gasteiger partial charge in [0.1, 0.15) is 17.3 Å². The number of hydrogen-bond acceptors (Lipinski definition) is 3. The summed E-state index contributed by atoms with van der Waals surface area (Å²) in [4.78, 5) is 4.83. The van der Waals surface area contributed by atoms with Crippen LogP contribution in [0.2, 0.25) is 5.02 Å². The number of halogens is 1. The second kappa shape index (κ2) is 10.2. The van der Waals surface area contributed by atoms with E-state index >= 15 is 0 Å². The number of para-hydroxylation sites is 3. The molecule has 158 valence electrons. The zero-order valence-electron chi connectivity index (χ0n) is 17.5. The number of imidazole rings is 1. The lowest BCUT2D eigenvalue weighted by Gasteiger charge is -2.09. The number of unbranched alkanes of at least 4 members (excludes halogenated alkanes) is 1. The molecular formula is C26H25ClN2O2. The van der Waals surface area contributed by atoms with Gasteiger partial charge < -0.3 is 14.0 Å². The lowest BCUT2D eigenvalue weighted by molar-refractivity contribution is 0.303. The first-order valence-corrected chi connectivity index (χ1v) is 10.8. The summed E-state index contributed by atoms with van der Waals surface area (Å²) in [6.07, 6.45) is 6.05. The summed E-state index contributed by atoms with van der Waals surface area (Å²) >= 11 is 5.92. The van der Waals surface area contributed by atoms with Crippen molar-refractivity contribution in [2.24, 2.45) is 0 Å². The Kier molecular flexibility index (Phi) is 6.90. The van der Waals surface area contributed by atoms with Crippen LogP contribution in [-0.2, 0) is 6.54 Å². The number of hydrogen-bond donors (Lipinski definition) is 0. The molecule has 0 aliphatic heterocycles. The molecule has 0 atom stereocenters. The largest absolute Gasteiger partial charge is 0.496 e. The number of aromatic nitrogens is 2. The van der Waals surface area contributed by atoms with Gasteiger partial charge in [0.2, 0.25) is 0 Å². The number of rotatable bonds is 9. The van der Waals surface area contributed by atoms with E-state index in [9.17, 15) is 0 Å². The van der Waals surface area contributed by atoms with Gasteiger partial charge in [-0.1, -0.05) is 41.9 Å². The maximum absolute atomic E-state index is 5.92. The van der Waals surface area contributed by atoms with E-state index in [1.807, 2.05) is 54.6 Å². The zero-order chi connectivity index (χ0) is 21.5. The van der Waals surface area contributed by atoms with Crippen molar-refractivity contribution in [3.63, 3.8) is 0 Å². The van der Waals surface area contributed by atoms with Crippen LogP contribution in [0.25, 0.3) is 23.2 Å². The average Bonchev–Trinajstić information content (AvgIpc) is 3.16. The molecule has 5 heteroatoms. The standard InChI is InChI=1S/C26H25ClN2O2/c1-30-25-11-5-2-8-20(25)12-17-26-28-23-9-3-4-10-24(23)29(26)18-6-7-19-31-22-15-13-21(27)14-16-22/h2-5,8-17H,6-7,18-19H2,1H3/b17-12+. The van der Waals surface area contributed by atoms with Crippen LogP contribution in [0.3, 0.4) is 0 Å². The van der Waals surface area contributed by atoms with Crippen molar-refractivity contribution in [3.8, 4) is 11.5 Å². The molecule has 0 saturated heterocycles. The highest BCUT2D eigenvalue weighted by Gasteiger charge is 2.08. The molecule has 0 radical (unpaired) electrons. The molecule has 1 aromatic heterocycles. The van der Waals surface area contributed by atoms with E-state index in [0.29, 0.717) is 11.6 Å². The van der Waals surface area contributed by atoms with Crippen molar-refractivity contribution >= 4 is 34.8 Å². The Labute approximate surface area is 187 Å². The Hall–Kier alpha value is -3.24. The van der Waals surface area contributed by atoms with E-state index in [-0.39, 0.29) is 0 Å². The van der Waals surface area contributed by atoms with Crippen LogP contribution in [0.15, 0.2) is 72.8 Å². The number of fused-ring (bicyclic) bond motifs is 1. The van der Waals surface area contributed by atoms with Crippen LogP contribution in [0, 0.1) is 0 Å². The number of methoxy groups -OCH3 is 1. The maximum atomic E-state index is 5.92. The molecule has 4 aromatic rings. The molecule has 0 saturated carbocycles. The van der Waals surface area contributed by atoms with Crippen molar-refractivity contribution in [2.45, 2.75) is 19.4 Å². The SMILES string of the molecule is COc1ccccc1/C=C/c1nc2ccccc2n1CCCCOc1ccc(Cl)cc1. The fraction of sp³-hybridized carbons (Fsp3) is 0.192. The van der Waals surface area contributed by atoms with Crippen molar-refractivity contribution < 1.29 is 9.47 Å². The smallest absolute Gasteiger partial charge is 0.133 e. The van der Waals surface area contributed by atoms with Crippen molar-refractivity contribution in [2.75, 3.05) is 13.7 Å². The van der Waals surface area contributed by atoms with E-state index in [4.69, 9.17) is 26.1 Å². The third-order valence-electron chi connectivity index (χ3n) is 5.09. The van der Waals surface area contributed by atoms with Crippen LogP contribution in [0.1, 0.15) is 24.2 Å². The number of aryl methyl sites for hydroxylation is 1. The van der Waals surface area contributed by atoms with Crippen LogP contribution >= 0.6 is 11.6 Å². The van der Waals surface area contributed by atoms with E-state index in [2.05, 4.69) is 34.9 Å². The number of ether oxygens (including phenoxy) is 2. The normalized spacial score (nSPS) is 11.3. The van der Waals surface area contributed by atoms with Gasteiger partial charge in [-0.15, -0.1) is 0 Å². The predicted octanol–water partition coefficient (Wildman–Crippen LogP) is 6.73. The van der Waals surface area contributed by atoms with Crippen LogP contribution in [0.5, 0.6) is 11.5 Å². The topological polar surface area (TPSA) is 36.3 Å². The van der Waals surface area contributed by atoms with Gasteiger partial charge in [0.25, 0.3) is 0 Å². The van der Waals surface area contributed by atoms with Crippen LogP contribution in [-0.4, -0.2) is 23.3 Å². The summed E-state index contributed by atoms with van der Waals surface area (Å²) in [7, 11) is 1.69. The van der Waals surface area contributed by atoms with E-state index in [0.717, 1.165) is 53.3 Å². The van der Waals surface area contributed by atoms with Gasteiger partial charge in [-0.3, -0.25) is 0 Å². The molecule has 4 nitrogen and oxygen atoms in total. The Morgan fingerprint density at radius 1 is 0.903 bits per heavy atom. The molecular weight excluding hydrogens is 408 g/mol. The monoisotopic (exact) mass is 432 g/mol. The summed E-state index contributed by atoms with van der Waals surface area (Å²) in [5.74, 6) is 2.63. The fourth-order valence-corrected chi connectivity index (χ4v) is 3.64. The highest BCUT2D eigenvalue weighted by Crippen LogP contribution is 2.23. The minimum Gasteiger partial charge on any atom is -0.496 e. The van der Waals surface area contributed by atoms with Gasteiger partial charge in [0, 0.05) is 17.1 Å². The second-order valence-electron chi connectivity index (χ2n) is 7.20. The Morgan fingerprint density at radius 2 is 1.68 bits per heavy atom. The number of benzene rings is 3. The number of nitrogens with zero attached hydrogens (tertiary/aromatic N) is 2. The van der Waals surface area contributed by atoms with Gasteiger partial charge >= 0.3 is 0 Å². The molecule has 0 aliphatic rings. The Balaban J connectivity index is 1.45. The molecule has 0 fully saturated rings. The summed E-state index contributed by atoms with van der Waals surface area (Å²) in [6.45, 7) is 1.54. The molecule has 31 heavy (non-hydrogen) atoms. The Bertz CT molecular complexity index is 1170. The first-order valence-electron chi connectivity index (χ1n) is 10.4. The van der Waals surface area contributed by atoms with Gasteiger partial charge in [-0.25, -0.2) is 4.98 Å². The molecule has 0 spiro atoms. The third kappa shape index (κ3) is 5.28. The van der Waals surface area contributed by atoms with Crippen molar-refractivity contribution in [3.05, 3.63) is 89.2 Å². The molecule has 0 aliphatic carbocycles. The summed E-state index contributed by atoms with van der Waals surface area (Å²) in [5.41, 5.74) is 3.17. The van der Waals surface area contributed by atoms with Crippen molar-refractivity contribution in [1.29, 1.82) is 0 Å². The fourth-order valence-electron chi connectivity index (χ4n) is 3.52. The average molecular weight is 433 g/mol. The predicted molar refractivity (Wildman–Crippen MR) is 128 cm³/mol. The first kappa shape index (κ1) is 21.0. The van der Waals surface area contributed by atoms with Gasteiger partial charge in [0.15, 0.2) is 0 Å². The minimum absolute atomic E-state index is 0.667. The van der Waals surface area contributed by atoms with Crippen LogP contribution in [0.4, 0.5) is 0 Å². The molecule has 3 aromatic carbocycles. The Morgan fingerprint density at radius 3 is 2.52 bits per heavy atom. The molecule has 4 rings (SSSR count). The van der Waals surface area contributed by atoms with E-state index in [1.165, 1.54) is 0 Å². The molecule has 0 unspecified atom stereocenters.